The Bertz CT molecular complexity index is 225. The van der Waals surface area contributed by atoms with Crippen molar-refractivity contribution in [2.24, 2.45) is 0 Å². The lowest BCUT2D eigenvalue weighted by Gasteiger charge is -2.35. The summed E-state index contributed by atoms with van der Waals surface area (Å²) in [5, 5.41) is 11.7. The number of hydrogen-bond donors (Lipinski definition) is 2. The summed E-state index contributed by atoms with van der Waals surface area (Å²) >= 11 is 0. The van der Waals surface area contributed by atoms with E-state index in [-0.39, 0.29) is 12.2 Å². The van der Waals surface area contributed by atoms with E-state index in [4.69, 9.17) is 9.84 Å². The smallest absolute Gasteiger partial charge is 0.320 e. The number of ether oxygens (including phenoxy) is 1. The maximum absolute atomic E-state index is 10.8. The number of rotatable bonds is 5. The number of carboxylic acids is 1. The van der Waals surface area contributed by atoms with E-state index in [0.29, 0.717) is 6.42 Å². The van der Waals surface area contributed by atoms with Crippen LogP contribution in [0.1, 0.15) is 20.3 Å². The summed E-state index contributed by atoms with van der Waals surface area (Å²) in [6.45, 7) is 6.68. The molecule has 3 unspecified atom stereocenters. The van der Waals surface area contributed by atoms with Crippen LogP contribution in [0.3, 0.4) is 0 Å². The average Bonchev–Trinajstić information content (AvgIpc) is 2.16. The van der Waals surface area contributed by atoms with Crippen molar-refractivity contribution in [3.05, 3.63) is 0 Å². The zero-order valence-corrected chi connectivity index (χ0v) is 10.3. The predicted molar refractivity (Wildman–Crippen MR) is 61.5 cm³/mol. The highest BCUT2D eigenvalue weighted by molar-refractivity contribution is 5.73. The van der Waals surface area contributed by atoms with Crippen LogP contribution in [-0.2, 0) is 9.53 Å². The maximum atomic E-state index is 10.8. The molecule has 1 rings (SSSR count). The van der Waals surface area contributed by atoms with Crippen molar-refractivity contribution in [2.45, 2.75) is 38.5 Å². The van der Waals surface area contributed by atoms with Gasteiger partial charge in [-0.05, 0) is 27.3 Å². The quantitative estimate of drug-likeness (QED) is 0.704. The van der Waals surface area contributed by atoms with E-state index >= 15 is 0 Å². The fourth-order valence-electron chi connectivity index (χ4n) is 2.17. The van der Waals surface area contributed by atoms with E-state index in [9.17, 15) is 4.79 Å². The Balaban J connectivity index is 2.33. The van der Waals surface area contributed by atoms with Crippen LogP contribution in [-0.4, -0.2) is 60.9 Å². The number of carboxylic acid groups (broad SMARTS) is 1. The van der Waals surface area contributed by atoms with Gasteiger partial charge in [0.2, 0.25) is 0 Å². The number of aliphatic carboxylic acids is 1. The number of morpholine rings is 1. The first kappa shape index (κ1) is 13.4. The van der Waals surface area contributed by atoms with E-state index in [1.807, 2.05) is 0 Å². The summed E-state index contributed by atoms with van der Waals surface area (Å²) in [6.07, 6.45) is 1.11. The first-order valence-electron chi connectivity index (χ1n) is 5.80. The van der Waals surface area contributed by atoms with Crippen LogP contribution < -0.4 is 5.32 Å². The Hall–Kier alpha value is -0.650. The molecule has 5 nitrogen and oxygen atoms in total. The summed E-state index contributed by atoms with van der Waals surface area (Å²) in [6, 6.07) is -0.451. The van der Waals surface area contributed by atoms with Gasteiger partial charge in [0, 0.05) is 19.6 Å². The van der Waals surface area contributed by atoms with Gasteiger partial charge in [-0.15, -0.1) is 0 Å². The molecule has 0 bridgehead atoms. The second-order valence-corrected chi connectivity index (χ2v) is 4.49. The predicted octanol–water partition coefficient (Wildman–Crippen LogP) is 0.158. The number of nitrogens with zero attached hydrogens (tertiary/aromatic N) is 1. The Morgan fingerprint density at radius 1 is 1.50 bits per heavy atom. The highest BCUT2D eigenvalue weighted by Crippen LogP contribution is 2.11. The molecule has 0 spiro atoms. The minimum absolute atomic E-state index is 0.238. The Morgan fingerprint density at radius 3 is 2.50 bits per heavy atom. The van der Waals surface area contributed by atoms with Gasteiger partial charge in [-0.1, -0.05) is 0 Å². The normalized spacial score (nSPS) is 28.9. The average molecular weight is 230 g/mol. The van der Waals surface area contributed by atoms with Gasteiger partial charge in [0.15, 0.2) is 0 Å². The highest BCUT2D eigenvalue weighted by Gasteiger charge is 2.23. The number of likely N-dealkylation sites (N-methyl/N-ethyl adjacent to an activating group) is 1. The molecule has 5 heteroatoms. The number of carbonyl (C=O) groups is 1. The molecular formula is C11H22N2O3. The highest BCUT2D eigenvalue weighted by atomic mass is 16.5. The molecule has 0 radical (unpaired) electrons. The Labute approximate surface area is 96.8 Å². The molecule has 1 fully saturated rings. The Morgan fingerprint density at radius 2 is 2.06 bits per heavy atom. The van der Waals surface area contributed by atoms with E-state index in [1.54, 1.807) is 7.05 Å². The van der Waals surface area contributed by atoms with Crippen molar-refractivity contribution >= 4 is 5.97 Å². The third-order valence-corrected chi connectivity index (χ3v) is 2.88. The van der Waals surface area contributed by atoms with Crippen LogP contribution in [0.4, 0.5) is 0 Å². The van der Waals surface area contributed by atoms with Crippen molar-refractivity contribution in [3.63, 3.8) is 0 Å². The van der Waals surface area contributed by atoms with Gasteiger partial charge < -0.3 is 15.2 Å². The standard InChI is InChI=1S/C11H22N2O3/c1-8-6-13(7-9(2)16-8)5-4-10(12-3)11(14)15/h8-10,12H,4-7H2,1-3H3,(H,14,15). The molecule has 0 aliphatic carbocycles. The second-order valence-electron chi connectivity index (χ2n) is 4.49. The summed E-state index contributed by atoms with van der Waals surface area (Å²) in [4.78, 5) is 13.1. The van der Waals surface area contributed by atoms with E-state index in [2.05, 4.69) is 24.1 Å². The molecule has 0 amide bonds. The van der Waals surface area contributed by atoms with Crippen molar-refractivity contribution in [2.75, 3.05) is 26.7 Å². The van der Waals surface area contributed by atoms with Crippen LogP contribution in [0, 0.1) is 0 Å². The van der Waals surface area contributed by atoms with Crippen LogP contribution in [0.15, 0.2) is 0 Å². The van der Waals surface area contributed by atoms with Gasteiger partial charge in [0.1, 0.15) is 6.04 Å². The van der Waals surface area contributed by atoms with Gasteiger partial charge in [-0.25, -0.2) is 0 Å². The van der Waals surface area contributed by atoms with Crippen molar-refractivity contribution in [1.29, 1.82) is 0 Å². The molecule has 1 saturated heterocycles. The van der Waals surface area contributed by atoms with Crippen LogP contribution in [0.25, 0.3) is 0 Å². The van der Waals surface area contributed by atoms with Gasteiger partial charge in [-0.2, -0.15) is 0 Å². The molecule has 0 aromatic carbocycles. The molecule has 1 aliphatic rings. The first-order chi connectivity index (χ1) is 7.52. The zero-order valence-electron chi connectivity index (χ0n) is 10.3. The lowest BCUT2D eigenvalue weighted by Crippen LogP contribution is -2.47. The van der Waals surface area contributed by atoms with Crippen LogP contribution >= 0.6 is 0 Å². The van der Waals surface area contributed by atoms with Gasteiger partial charge in [0.25, 0.3) is 0 Å². The zero-order chi connectivity index (χ0) is 12.1. The topological polar surface area (TPSA) is 61.8 Å². The summed E-state index contributed by atoms with van der Waals surface area (Å²) in [5.41, 5.74) is 0. The second kappa shape index (κ2) is 6.18. The molecular weight excluding hydrogens is 208 g/mol. The van der Waals surface area contributed by atoms with E-state index in [0.717, 1.165) is 19.6 Å². The first-order valence-corrected chi connectivity index (χ1v) is 5.80. The van der Waals surface area contributed by atoms with Gasteiger partial charge in [-0.3, -0.25) is 9.69 Å². The molecule has 94 valence electrons. The molecule has 1 heterocycles. The monoisotopic (exact) mass is 230 g/mol. The van der Waals surface area contributed by atoms with Crippen molar-refractivity contribution in [3.8, 4) is 0 Å². The van der Waals surface area contributed by atoms with Crippen molar-refractivity contribution in [1.82, 2.24) is 10.2 Å². The Kier molecular flexibility index (Phi) is 5.18. The maximum Gasteiger partial charge on any atom is 0.320 e. The molecule has 0 aromatic heterocycles. The fourth-order valence-corrected chi connectivity index (χ4v) is 2.17. The largest absolute Gasteiger partial charge is 0.480 e. The summed E-state index contributed by atoms with van der Waals surface area (Å²) < 4.78 is 5.62. The number of nitrogens with one attached hydrogen (secondary N) is 1. The van der Waals surface area contributed by atoms with E-state index < -0.39 is 12.0 Å². The summed E-state index contributed by atoms with van der Waals surface area (Å²) in [7, 11) is 1.68. The number of hydrogen-bond acceptors (Lipinski definition) is 4. The minimum Gasteiger partial charge on any atom is -0.480 e. The summed E-state index contributed by atoms with van der Waals surface area (Å²) in [5.74, 6) is -0.781. The molecule has 2 N–H and O–H groups in total. The lowest BCUT2D eigenvalue weighted by molar-refractivity contribution is -0.139. The van der Waals surface area contributed by atoms with Gasteiger partial charge in [0.05, 0.1) is 12.2 Å². The molecule has 0 aromatic rings. The molecule has 0 saturated carbocycles. The minimum atomic E-state index is -0.781. The molecule has 3 atom stereocenters. The fraction of sp³-hybridized carbons (Fsp3) is 0.909. The third kappa shape index (κ3) is 4.08. The van der Waals surface area contributed by atoms with Crippen LogP contribution in [0.2, 0.25) is 0 Å². The third-order valence-electron chi connectivity index (χ3n) is 2.88. The molecule has 1 aliphatic heterocycles. The SMILES string of the molecule is CNC(CCN1CC(C)OC(C)C1)C(=O)O. The van der Waals surface area contributed by atoms with Gasteiger partial charge >= 0.3 is 5.97 Å². The molecule has 16 heavy (non-hydrogen) atoms. The van der Waals surface area contributed by atoms with Crippen molar-refractivity contribution < 1.29 is 14.6 Å². The van der Waals surface area contributed by atoms with Crippen LogP contribution in [0.5, 0.6) is 0 Å². The van der Waals surface area contributed by atoms with E-state index in [1.165, 1.54) is 0 Å². The lowest BCUT2D eigenvalue weighted by atomic mass is 10.1.